The molecule has 3 rings (SSSR count). The topological polar surface area (TPSA) is 73.7 Å². The second-order valence-corrected chi connectivity index (χ2v) is 7.73. The third kappa shape index (κ3) is 3.99. The van der Waals surface area contributed by atoms with Gasteiger partial charge in [-0.15, -0.1) is 0 Å². The first-order valence-electron chi connectivity index (χ1n) is 8.90. The molecule has 0 radical (unpaired) electrons. The summed E-state index contributed by atoms with van der Waals surface area (Å²) in [6, 6.07) is 2.10. The first-order valence-corrected chi connectivity index (χ1v) is 9.65. The summed E-state index contributed by atoms with van der Waals surface area (Å²) in [5.74, 6) is -0.804. The van der Waals surface area contributed by atoms with E-state index in [9.17, 15) is 15.0 Å². The fourth-order valence-corrected chi connectivity index (χ4v) is 4.05. The maximum absolute atomic E-state index is 12.6. The Bertz CT molecular complexity index is 900. The van der Waals surface area contributed by atoms with Crippen LogP contribution in [0.4, 0.5) is 0 Å². The lowest BCUT2D eigenvalue weighted by atomic mass is 9.98. The average molecular weight is 409 g/mol. The number of halogens is 2. The predicted octanol–water partition coefficient (Wildman–Crippen LogP) is 4.32. The Balaban J connectivity index is 1.64. The van der Waals surface area contributed by atoms with Gasteiger partial charge in [-0.2, -0.15) is 0 Å². The number of hydrogen-bond donors (Lipinski definition) is 2. The van der Waals surface area contributed by atoms with Gasteiger partial charge in [-0.3, -0.25) is 9.78 Å². The van der Waals surface area contributed by atoms with Crippen LogP contribution in [0.1, 0.15) is 40.8 Å². The highest BCUT2D eigenvalue weighted by Crippen LogP contribution is 2.46. The molecule has 0 fully saturated rings. The zero-order valence-corrected chi connectivity index (χ0v) is 16.9. The summed E-state index contributed by atoms with van der Waals surface area (Å²) in [4.78, 5) is 18.8. The minimum Gasteiger partial charge on any atom is -0.503 e. The van der Waals surface area contributed by atoms with Crippen LogP contribution < -0.4 is 0 Å². The van der Waals surface area contributed by atoms with Crippen molar-refractivity contribution in [1.82, 2.24) is 9.88 Å². The molecule has 0 unspecified atom stereocenters. The van der Waals surface area contributed by atoms with Gasteiger partial charge < -0.3 is 15.1 Å². The molecule has 1 aromatic heterocycles. The van der Waals surface area contributed by atoms with Crippen LogP contribution in [0.5, 0.6) is 11.5 Å². The van der Waals surface area contributed by atoms with Gasteiger partial charge in [0, 0.05) is 31.4 Å². The van der Waals surface area contributed by atoms with Crippen molar-refractivity contribution in [3.05, 3.63) is 50.3 Å². The predicted molar refractivity (Wildman–Crippen MR) is 106 cm³/mol. The average Bonchev–Trinajstić information content (AvgIpc) is 2.65. The van der Waals surface area contributed by atoms with Crippen LogP contribution in [-0.4, -0.2) is 32.5 Å². The maximum Gasteiger partial charge on any atom is 0.222 e. The SMILES string of the molecule is Cc1cnc(CCCC(=O)N2CCc3c(Cl)c(O)c(O)c(Cl)c3C2)c(C)c1. The zero-order chi connectivity index (χ0) is 19.7. The molecule has 144 valence electrons. The van der Waals surface area contributed by atoms with Crippen LogP contribution >= 0.6 is 23.2 Å². The second kappa shape index (κ2) is 7.95. The number of fused-ring (bicyclic) bond motifs is 1. The fourth-order valence-electron chi connectivity index (χ4n) is 3.48. The van der Waals surface area contributed by atoms with E-state index in [0.717, 1.165) is 23.2 Å². The van der Waals surface area contributed by atoms with Crippen molar-refractivity contribution >= 4 is 29.1 Å². The Kier molecular flexibility index (Phi) is 5.82. The lowest BCUT2D eigenvalue weighted by Gasteiger charge is -2.30. The van der Waals surface area contributed by atoms with Crippen molar-refractivity contribution in [2.24, 2.45) is 0 Å². The Morgan fingerprint density at radius 3 is 2.52 bits per heavy atom. The standard InChI is InChI=1S/C20H22Cl2N2O3/c1-11-8-12(2)15(23-9-11)4-3-5-16(25)24-7-6-13-14(10-24)18(22)20(27)19(26)17(13)21/h8-9,26-27H,3-7,10H2,1-2H3. The van der Waals surface area contributed by atoms with Gasteiger partial charge in [-0.05, 0) is 55.4 Å². The van der Waals surface area contributed by atoms with E-state index >= 15 is 0 Å². The Hall–Kier alpha value is -1.98. The van der Waals surface area contributed by atoms with Crippen molar-refractivity contribution in [1.29, 1.82) is 0 Å². The monoisotopic (exact) mass is 408 g/mol. The molecule has 1 aliphatic rings. The van der Waals surface area contributed by atoms with Crippen LogP contribution in [0.15, 0.2) is 12.3 Å². The van der Waals surface area contributed by atoms with Crippen molar-refractivity contribution in [3.8, 4) is 11.5 Å². The summed E-state index contributed by atoms with van der Waals surface area (Å²) in [5, 5.41) is 19.9. The van der Waals surface area contributed by atoms with Crippen molar-refractivity contribution < 1.29 is 15.0 Å². The van der Waals surface area contributed by atoms with Gasteiger partial charge in [0.05, 0.1) is 10.0 Å². The number of carbonyl (C=O) groups excluding carboxylic acids is 1. The number of phenolic OH excluding ortho intramolecular Hbond substituents is 2. The molecule has 7 heteroatoms. The number of nitrogens with zero attached hydrogens (tertiary/aromatic N) is 2. The first kappa shape index (κ1) is 19.8. The molecule has 1 aliphatic heterocycles. The van der Waals surface area contributed by atoms with Gasteiger partial charge >= 0.3 is 0 Å². The quantitative estimate of drug-likeness (QED) is 0.738. The summed E-state index contributed by atoms with van der Waals surface area (Å²) in [6.07, 6.45) is 4.23. The molecule has 1 amide bonds. The highest BCUT2D eigenvalue weighted by atomic mass is 35.5. The van der Waals surface area contributed by atoms with E-state index in [1.54, 1.807) is 4.90 Å². The summed E-state index contributed by atoms with van der Waals surface area (Å²) in [7, 11) is 0. The highest BCUT2D eigenvalue weighted by Gasteiger charge is 2.28. The molecular formula is C20H22Cl2N2O3. The van der Waals surface area contributed by atoms with Crippen LogP contribution in [0.25, 0.3) is 0 Å². The van der Waals surface area contributed by atoms with E-state index < -0.39 is 11.5 Å². The number of phenols is 2. The summed E-state index contributed by atoms with van der Waals surface area (Å²) in [6.45, 7) is 4.83. The summed E-state index contributed by atoms with van der Waals surface area (Å²) in [5.41, 5.74) is 4.59. The molecule has 0 atom stereocenters. The van der Waals surface area contributed by atoms with Crippen LogP contribution in [0, 0.1) is 13.8 Å². The normalized spacial score (nSPS) is 13.6. The molecule has 1 aromatic carbocycles. The van der Waals surface area contributed by atoms with E-state index in [1.165, 1.54) is 0 Å². The number of pyridine rings is 1. The largest absolute Gasteiger partial charge is 0.503 e. The van der Waals surface area contributed by atoms with E-state index in [4.69, 9.17) is 23.2 Å². The number of rotatable bonds is 4. The van der Waals surface area contributed by atoms with Gasteiger partial charge in [0.2, 0.25) is 5.91 Å². The third-order valence-electron chi connectivity index (χ3n) is 5.00. The molecule has 0 aliphatic carbocycles. The molecule has 27 heavy (non-hydrogen) atoms. The number of aromatic hydroxyl groups is 2. The number of benzene rings is 1. The molecule has 5 nitrogen and oxygen atoms in total. The second-order valence-electron chi connectivity index (χ2n) is 6.98. The molecule has 0 saturated heterocycles. The summed E-state index contributed by atoms with van der Waals surface area (Å²) >= 11 is 12.3. The molecule has 0 spiro atoms. The van der Waals surface area contributed by atoms with Gasteiger partial charge in [0.25, 0.3) is 0 Å². The Morgan fingerprint density at radius 2 is 1.85 bits per heavy atom. The van der Waals surface area contributed by atoms with Crippen molar-refractivity contribution in [3.63, 3.8) is 0 Å². The van der Waals surface area contributed by atoms with E-state index in [2.05, 4.69) is 11.1 Å². The lowest BCUT2D eigenvalue weighted by Crippen LogP contribution is -2.36. The third-order valence-corrected chi connectivity index (χ3v) is 5.81. The number of aromatic nitrogens is 1. The molecule has 2 aromatic rings. The molecule has 0 bridgehead atoms. The van der Waals surface area contributed by atoms with Crippen molar-refractivity contribution in [2.75, 3.05) is 6.54 Å². The number of carbonyl (C=O) groups is 1. The van der Waals surface area contributed by atoms with Crippen LogP contribution in [-0.2, 0) is 24.2 Å². The Labute approximate surface area is 168 Å². The minimum absolute atomic E-state index is 0.0326. The van der Waals surface area contributed by atoms with E-state index in [0.29, 0.717) is 36.9 Å². The first-order chi connectivity index (χ1) is 12.8. The Morgan fingerprint density at radius 1 is 1.19 bits per heavy atom. The van der Waals surface area contributed by atoms with Gasteiger partial charge in [-0.25, -0.2) is 0 Å². The zero-order valence-electron chi connectivity index (χ0n) is 15.4. The van der Waals surface area contributed by atoms with Gasteiger partial charge in [0.15, 0.2) is 11.5 Å². The number of aryl methyl sites for hydroxylation is 3. The molecular weight excluding hydrogens is 387 g/mol. The summed E-state index contributed by atoms with van der Waals surface area (Å²) < 4.78 is 0. The molecule has 0 saturated carbocycles. The van der Waals surface area contributed by atoms with Crippen molar-refractivity contribution in [2.45, 2.75) is 46.1 Å². The molecule has 2 N–H and O–H groups in total. The minimum atomic E-state index is -0.435. The lowest BCUT2D eigenvalue weighted by molar-refractivity contribution is -0.132. The number of hydrogen-bond acceptors (Lipinski definition) is 4. The van der Waals surface area contributed by atoms with E-state index in [1.807, 2.05) is 20.0 Å². The maximum atomic E-state index is 12.6. The van der Waals surface area contributed by atoms with E-state index in [-0.39, 0.29) is 22.5 Å². The highest BCUT2D eigenvalue weighted by molar-refractivity contribution is 6.36. The van der Waals surface area contributed by atoms with Gasteiger partial charge in [0.1, 0.15) is 0 Å². The van der Waals surface area contributed by atoms with Crippen LogP contribution in [0.3, 0.4) is 0 Å². The van der Waals surface area contributed by atoms with Gasteiger partial charge in [-0.1, -0.05) is 29.3 Å². The van der Waals surface area contributed by atoms with Crippen LogP contribution in [0.2, 0.25) is 10.0 Å². The smallest absolute Gasteiger partial charge is 0.222 e. The fraction of sp³-hybridized carbons (Fsp3) is 0.400. The number of amides is 1. The molecule has 2 heterocycles.